The van der Waals surface area contributed by atoms with Gasteiger partial charge in [0.05, 0.1) is 0 Å². The van der Waals surface area contributed by atoms with E-state index in [1.54, 1.807) is 0 Å². The van der Waals surface area contributed by atoms with E-state index in [0.717, 1.165) is 6.42 Å². The van der Waals surface area contributed by atoms with Crippen molar-refractivity contribution >= 4 is 12.6 Å². The van der Waals surface area contributed by atoms with Crippen molar-refractivity contribution in [1.82, 2.24) is 0 Å². The molecule has 0 aliphatic heterocycles. The fourth-order valence-electron chi connectivity index (χ4n) is 0.167. The summed E-state index contributed by atoms with van der Waals surface area (Å²) in [4.78, 5) is 0. The van der Waals surface area contributed by atoms with Crippen LogP contribution in [-0.4, -0.2) is 11.8 Å². The van der Waals surface area contributed by atoms with Gasteiger partial charge >= 0.3 is 0 Å². The van der Waals surface area contributed by atoms with Crippen molar-refractivity contribution in [3.63, 3.8) is 0 Å². The molecule has 0 amide bonds. The van der Waals surface area contributed by atoms with Crippen molar-refractivity contribution in [3.05, 3.63) is 0 Å². The summed E-state index contributed by atoms with van der Waals surface area (Å²) < 4.78 is 0. The molecule has 6 heavy (non-hydrogen) atoms. The van der Waals surface area contributed by atoms with E-state index >= 15 is 0 Å². The third-order valence-electron chi connectivity index (χ3n) is 0.743. The van der Waals surface area contributed by atoms with Gasteiger partial charge in [-0.1, -0.05) is 6.92 Å². The van der Waals surface area contributed by atoms with Crippen molar-refractivity contribution < 1.29 is 0 Å². The van der Waals surface area contributed by atoms with Crippen LogP contribution in [0.5, 0.6) is 0 Å². The lowest BCUT2D eigenvalue weighted by Gasteiger charge is -1.98. The first kappa shape index (κ1) is 6.31. The molecular formula is C4H11NS. The maximum Gasteiger partial charge on any atom is 0.0137 e. The van der Waals surface area contributed by atoms with Gasteiger partial charge < -0.3 is 5.73 Å². The quantitative estimate of drug-likeness (QED) is 0.495. The third kappa shape index (κ3) is 2.54. The monoisotopic (exact) mass is 105 g/mol. The predicted molar refractivity (Wildman–Crippen MR) is 32.1 cm³/mol. The van der Waals surface area contributed by atoms with Crippen molar-refractivity contribution in [2.24, 2.45) is 5.73 Å². The van der Waals surface area contributed by atoms with E-state index in [2.05, 4.69) is 19.6 Å². The molecule has 0 bridgehead atoms. The molecule has 1 nitrogen and oxygen atoms in total. The Morgan fingerprint density at radius 2 is 2.33 bits per heavy atom. The first-order valence-electron chi connectivity index (χ1n) is 2.19. The summed E-state index contributed by atoms with van der Waals surface area (Å²) in [7, 11) is 0. The number of thiol groups is 1. The molecule has 0 aromatic carbocycles. The Bertz CT molecular complexity index is 26.7. The minimum absolute atomic E-state index is 0.407. The van der Waals surface area contributed by atoms with Gasteiger partial charge in [-0.2, -0.15) is 12.6 Å². The van der Waals surface area contributed by atoms with Crippen LogP contribution in [0.25, 0.3) is 0 Å². The Balaban J connectivity index is 2.75. The molecule has 0 rings (SSSR count). The van der Waals surface area contributed by atoms with Gasteiger partial charge in [0.2, 0.25) is 0 Å². The molecule has 0 aliphatic carbocycles. The van der Waals surface area contributed by atoms with Gasteiger partial charge in [-0.15, -0.1) is 0 Å². The molecule has 0 radical (unpaired) electrons. The maximum absolute atomic E-state index is 5.21. The summed E-state index contributed by atoms with van der Waals surface area (Å²) in [5.74, 6) is 0. The average molecular weight is 105 g/mol. The van der Waals surface area contributed by atoms with E-state index in [9.17, 15) is 0 Å². The van der Waals surface area contributed by atoms with Crippen LogP contribution in [-0.2, 0) is 0 Å². The Labute approximate surface area is 44.3 Å². The number of hydrogen-bond acceptors (Lipinski definition) is 2. The Kier molecular flexibility index (Phi) is 3.68. The van der Waals surface area contributed by atoms with Crippen LogP contribution in [0, 0.1) is 0 Å². The normalized spacial score (nSPS) is 14.5. The zero-order chi connectivity index (χ0) is 4.99. The molecule has 0 fully saturated rings. The second kappa shape index (κ2) is 3.50. The molecule has 0 aliphatic rings. The SMILES string of the molecule is CC[C@H](S)CN. The molecule has 0 spiro atoms. The van der Waals surface area contributed by atoms with Gasteiger partial charge in [0.25, 0.3) is 0 Å². The highest BCUT2D eigenvalue weighted by molar-refractivity contribution is 7.81. The highest BCUT2D eigenvalue weighted by Crippen LogP contribution is 1.94. The minimum atomic E-state index is 0.407. The highest BCUT2D eigenvalue weighted by Gasteiger charge is 1.90. The molecule has 38 valence electrons. The lowest BCUT2D eigenvalue weighted by Crippen LogP contribution is -2.12. The first-order chi connectivity index (χ1) is 2.81. The van der Waals surface area contributed by atoms with Gasteiger partial charge in [0.1, 0.15) is 0 Å². The molecule has 0 unspecified atom stereocenters. The second-order valence-corrected chi connectivity index (χ2v) is 2.03. The Morgan fingerprint density at radius 1 is 1.83 bits per heavy atom. The van der Waals surface area contributed by atoms with E-state index in [-0.39, 0.29) is 0 Å². The van der Waals surface area contributed by atoms with Gasteiger partial charge in [0, 0.05) is 11.8 Å². The topological polar surface area (TPSA) is 26.0 Å². The smallest absolute Gasteiger partial charge is 0.0137 e. The maximum atomic E-state index is 5.21. The van der Waals surface area contributed by atoms with Crippen molar-refractivity contribution in [3.8, 4) is 0 Å². The molecule has 0 aromatic rings. The van der Waals surface area contributed by atoms with Crippen molar-refractivity contribution in [1.29, 1.82) is 0 Å². The summed E-state index contributed by atoms with van der Waals surface area (Å²) in [6.45, 7) is 2.77. The number of nitrogens with two attached hydrogens (primary N) is 1. The standard InChI is InChI=1S/C4H11NS/c1-2-4(6)3-5/h4,6H,2-3,5H2,1H3/t4-/m0/s1. The van der Waals surface area contributed by atoms with Crippen LogP contribution in [0.1, 0.15) is 13.3 Å². The van der Waals surface area contributed by atoms with Crippen molar-refractivity contribution in [2.75, 3.05) is 6.54 Å². The van der Waals surface area contributed by atoms with Gasteiger partial charge in [-0.05, 0) is 6.42 Å². The summed E-state index contributed by atoms with van der Waals surface area (Å²) in [5.41, 5.74) is 5.21. The summed E-state index contributed by atoms with van der Waals surface area (Å²) in [5, 5.41) is 0.407. The van der Waals surface area contributed by atoms with Crippen LogP contribution in [0.3, 0.4) is 0 Å². The van der Waals surface area contributed by atoms with E-state index < -0.39 is 0 Å². The summed E-state index contributed by atoms with van der Waals surface area (Å²) in [6, 6.07) is 0. The predicted octanol–water partition coefficient (Wildman–Crippen LogP) is 0.654. The molecule has 2 N–H and O–H groups in total. The van der Waals surface area contributed by atoms with E-state index in [0.29, 0.717) is 11.8 Å². The molecule has 0 aromatic heterocycles. The Hall–Kier alpha value is 0.310. The number of rotatable bonds is 2. The van der Waals surface area contributed by atoms with E-state index in [4.69, 9.17) is 5.73 Å². The molecular weight excluding hydrogens is 94.1 g/mol. The van der Waals surface area contributed by atoms with Gasteiger partial charge in [-0.3, -0.25) is 0 Å². The van der Waals surface area contributed by atoms with Gasteiger partial charge in [0.15, 0.2) is 0 Å². The minimum Gasteiger partial charge on any atom is -0.329 e. The van der Waals surface area contributed by atoms with Crippen LogP contribution >= 0.6 is 12.6 Å². The van der Waals surface area contributed by atoms with Crippen LogP contribution in [0.4, 0.5) is 0 Å². The van der Waals surface area contributed by atoms with Crippen molar-refractivity contribution in [2.45, 2.75) is 18.6 Å². The van der Waals surface area contributed by atoms with Crippen LogP contribution in [0.2, 0.25) is 0 Å². The molecule has 0 saturated heterocycles. The second-order valence-electron chi connectivity index (χ2n) is 1.30. The largest absolute Gasteiger partial charge is 0.329 e. The highest BCUT2D eigenvalue weighted by atomic mass is 32.1. The third-order valence-corrected chi connectivity index (χ3v) is 1.32. The molecule has 2 heteroatoms. The van der Waals surface area contributed by atoms with Crippen LogP contribution in [0.15, 0.2) is 0 Å². The molecule has 0 saturated carbocycles. The fourth-order valence-corrected chi connectivity index (χ4v) is 0.167. The summed E-state index contributed by atoms with van der Waals surface area (Å²) in [6.07, 6.45) is 1.07. The van der Waals surface area contributed by atoms with Gasteiger partial charge in [-0.25, -0.2) is 0 Å². The lowest BCUT2D eigenvalue weighted by atomic mass is 10.3. The molecule has 1 atom stereocenters. The average Bonchev–Trinajstić information content (AvgIpc) is 1.65. The van der Waals surface area contributed by atoms with E-state index in [1.165, 1.54) is 0 Å². The zero-order valence-electron chi connectivity index (χ0n) is 4.02. The molecule has 0 heterocycles. The fraction of sp³-hybridized carbons (Fsp3) is 1.00. The summed E-state index contributed by atoms with van der Waals surface area (Å²) >= 11 is 4.10. The zero-order valence-corrected chi connectivity index (χ0v) is 4.91. The lowest BCUT2D eigenvalue weighted by molar-refractivity contribution is 0.833. The van der Waals surface area contributed by atoms with Crippen LogP contribution < -0.4 is 5.73 Å². The van der Waals surface area contributed by atoms with E-state index in [1.807, 2.05) is 0 Å². The Morgan fingerprint density at radius 3 is 2.33 bits per heavy atom. The first-order valence-corrected chi connectivity index (χ1v) is 2.71. The number of hydrogen-bond donors (Lipinski definition) is 2.